The Hall–Kier alpha value is -3.41. The Morgan fingerprint density at radius 3 is 3.00 bits per heavy atom. The lowest BCUT2D eigenvalue weighted by Gasteiger charge is -2.11. The van der Waals surface area contributed by atoms with Gasteiger partial charge in [0.1, 0.15) is 17.3 Å². The number of rotatable bonds is 5. The first-order chi connectivity index (χ1) is 13.2. The minimum atomic E-state index is -0.390. The lowest BCUT2D eigenvalue weighted by molar-refractivity contribution is 0.0950. The van der Waals surface area contributed by atoms with Crippen molar-refractivity contribution in [3.05, 3.63) is 83.3 Å². The van der Waals surface area contributed by atoms with Crippen LogP contribution in [0.4, 0.5) is 4.39 Å². The first-order valence-electron chi connectivity index (χ1n) is 8.60. The van der Waals surface area contributed by atoms with Crippen molar-refractivity contribution in [2.45, 2.75) is 13.0 Å². The van der Waals surface area contributed by atoms with E-state index in [-0.39, 0.29) is 18.3 Å². The molecule has 5 nitrogen and oxygen atoms in total. The van der Waals surface area contributed by atoms with Crippen molar-refractivity contribution in [3.8, 4) is 17.4 Å². The van der Waals surface area contributed by atoms with Crippen LogP contribution in [0.15, 0.2) is 60.8 Å². The zero-order valence-electron chi connectivity index (χ0n) is 14.4. The minimum Gasteiger partial charge on any atom is -0.493 e. The maximum Gasteiger partial charge on any atom is 0.251 e. The average Bonchev–Trinajstić information content (AvgIpc) is 3.15. The second-order valence-corrected chi connectivity index (χ2v) is 6.13. The number of nitrogens with zero attached hydrogens (tertiary/aromatic N) is 1. The van der Waals surface area contributed by atoms with Crippen LogP contribution in [0.5, 0.6) is 17.4 Å². The Morgan fingerprint density at radius 2 is 2.11 bits per heavy atom. The van der Waals surface area contributed by atoms with Crippen molar-refractivity contribution in [3.63, 3.8) is 0 Å². The SMILES string of the molecule is O=C(NCc1cccnc1Oc1cccc(F)c1)c1ccc2c(c1)CCO2. The van der Waals surface area contributed by atoms with Crippen LogP contribution in [0.3, 0.4) is 0 Å². The molecule has 3 aromatic rings. The number of hydrogen-bond donors (Lipinski definition) is 1. The summed E-state index contributed by atoms with van der Waals surface area (Å²) in [5, 5.41) is 2.87. The van der Waals surface area contributed by atoms with E-state index in [9.17, 15) is 9.18 Å². The minimum absolute atomic E-state index is 0.190. The molecule has 1 aliphatic heterocycles. The van der Waals surface area contributed by atoms with Gasteiger partial charge in [0.25, 0.3) is 5.91 Å². The first-order valence-corrected chi connectivity index (χ1v) is 8.60. The van der Waals surface area contributed by atoms with Crippen molar-refractivity contribution in [1.82, 2.24) is 10.3 Å². The zero-order valence-corrected chi connectivity index (χ0v) is 14.4. The number of benzene rings is 2. The summed E-state index contributed by atoms with van der Waals surface area (Å²) in [7, 11) is 0. The van der Waals surface area contributed by atoms with Crippen LogP contribution in [-0.4, -0.2) is 17.5 Å². The topological polar surface area (TPSA) is 60.5 Å². The van der Waals surface area contributed by atoms with E-state index in [1.807, 2.05) is 12.1 Å². The van der Waals surface area contributed by atoms with Gasteiger partial charge in [0.2, 0.25) is 5.88 Å². The van der Waals surface area contributed by atoms with Crippen LogP contribution in [0.25, 0.3) is 0 Å². The van der Waals surface area contributed by atoms with Gasteiger partial charge in [-0.3, -0.25) is 4.79 Å². The molecule has 0 saturated heterocycles. The molecule has 1 amide bonds. The molecule has 2 aromatic carbocycles. The van der Waals surface area contributed by atoms with E-state index in [1.165, 1.54) is 12.1 Å². The lowest BCUT2D eigenvalue weighted by Crippen LogP contribution is -2.23. The third-order valence-corrected chi connectivity index (χ3v) is 4.25. The molecule has 27 heavy (non-hydrogen) atoms. The van der Waals surface area contributed by atoms with E-state index in [0.717, 1.165) is 17.7 Å². The number of carbonyl (C=O) groups is 1. The summed E-state index contributed by atoms with van der Waals surface area (Å²) >= 11 is 0. The second kappa shape index (κ2) is 7.45. The summed E-state index contributed by atoms with van der Waals surface area (Å²) < 4.78 is 24.5. The van der Waals surface area contributed by atoms with Gasteiger partial charge in [-0.2, -0.15) is 0 Å². The third-order valence-electron chi connectivity index (χ3n) is 4.25. The fraction of sp³-hybridized carbons (Fsp3) is 0.143. The number of aromatic nitrogens is 1. The predicted octanol–water partition coefficient (Wildman–Crippen LogP) is 3.88. The fourth-order valence-electron chi connectivity index (χ4n) is 2.90. The molecule has 0 radical (unpaired) electrons. The van der Waals surface area contributed by atoms with Crippen molar-refractivity contribution in [1.29, 1.82) is 0 Å². The summed E-state index contributed by atoms with van der Waals surface area (Å²) in [5.41, 5.74) is 2.31. The second-order valence-electron chi connectivity index (χ2n) is 6.13. The Labute approximate surface area is 155 Å². The summed E-state index contributed by atoms with van der Waals surface area (Å²) in [4.78, 5) is 16.7. The van der Waals surface area contributed by atoms with E-state index >= 15 is 0 Å². The molecule has 0 bridgehead atoms. The average molecular weight is 364 g/mol. The van der Waals surface area contributed by atoms with Crippen LogP contribution >= 0.6 is 0 Å². The summed E-state index contributed by atoms with van der Waals surface area (Å²) in [5.74, 6) is 0.930. The Morgan fingerprint density at radius 1 is 1.19 bits per heavy atom. The van der Waals surface area contributed by atoms with Gasteiger partial charge in [0, 0.05) is 36.4 Å². The predicted molar refractivity (Wildman–Crippen MR) is 97.5 cm³/mol. The Kier molecular flexibility index (Phi) is 4.70. The standard InChI is InChI=1S/C21H17FN2O3/c22-17-4-1-5-18(12-17)27-21-16(3-2-9-23-21)13-24-20(25)15-6-7-19-14(11-15)8-10-26-19/h1-7,9,11-12H,8,10,13H2,(H,24,25). The molecule has 1 aliphatic rings. The van der Waals surface area contributed by atoms with E-state index in [1.54, 1.807) is 36.5 Å². The van der Waals surface area contributed by atoms with E-state index < -0.39 is 0 Å². The van der Waals surface area contributed by atoms with Gasteiger partial charge in [0.05, 0.1) is 6.61 Å². The molecule has 4 rings (SSSR count). The number of pyridine rings is 1. The molecule has 0 aliphatic carbocycles. The number of ether oxygens (including phenoxy) is 2. The monoisotopic (exact) mass is 364 g/mol. The smallest absolute Gasteiger partial charge is 0.251 e. The van der Waals surface area contributed by atoms with E-state index in [0.29, 0.717) is 29.4 Å². The van der Waals surface area contributed by atoms with Crippen molar-refractivity contribution in [2.75, 3.05) is 6.61 Å². The van der Waals surface area contributed by atoms with Gasteiger partial charge in [-0.15, -0.1) is 0 Å². The molecule has 0 saturated carbocycles. The van der Waals surface area contributed by atoms with Crippen LogP contribution in [-0.2, 0) is 13.0 Å². The number of carbonyl (C=O) groups excluding carboxylic acids is 1. The number of fused-ring (bicyclic) bond motifs is 1. The molecular formula is C21H17FN2O3. The van der Waals surface area contributed by atoms with Crippen LogP contribution in [0.2, 0.25) is 0 Å². The number of hydrogen-bond acceptors (Lipinski definition) is 4. The molecule has 0 fully saturated rings. The molecular weight excluding hydrogens is 347 g/mol. The summed E-state index contributed by atoms with van der Waals surface area (Å²) in [6, 6.07) is 14.8. The van der Waals surface area contributed by atoms with Crippen LogP contribution in [0, 0.1) is 5.82 Å². The molecule has 0 unspecified atom stereocenters. The van der Waals surface area contributed by atoms with Gasteiger partial charge in [-0.1, -0.05) is 12.1 Å². The third kappa shape index (κ3) is 3.89. The van der Waals surface area contributed by atoms with Gasteiger partial charge < -0.3 is 14.8 Å². The quantitative estimate of drug-likeness (QED) is 0.746. The molecule has 2 heterocycles. The van der Waals surface area contributed by atoms with Gasteiger partial charge in [0.15, 0.2) is 0 Å². The molecule has 6 heteroatoms. The maximum atomic E-state index is 13.3. The highest BCUT2D eigenvalue weighted by Gasteiger charge is 2.15. The molecule has 136 valence electrons. The van der Waals surface area contributed by atoms with E-state index in [4.69, 9.17) is 9.47 Å². The highest BCUT2D eigenvalue weighted by atomic mass is 19.1. The van der Waals surface area contributed by atoms with E-state index in [2.05, 4.69) is 10.3 Å². The van der Waals surface area contributed by atoms with Crippen molar-refractivity contribution >= 4 is 5.91 Å². The highest BCUT2D eigenvalue weighted by Crippen LogP contribution is 2.26. The zero-order chi connectivity index (χ0) is 18.6. The first kappa shape index (κ1) is 17.0. The largest absolute Gasteiger partial charge is 0.493 e. The number of amides is 1. The van der Waals surface area contributed by atoms with Crippen molar-refractivity contribution < 1.29 is 18.7 Å². The molecule has 0 spiro atoms. The number of nitrogens with one attached hydrogen (secondary N) is 1. The summed E-state index contributed by atoms with van der Waals surface area (Å²) in [6.07, 6.45) is 2.39. The van der Waals surface area contributed by atoms with Gasteiger partial charge in [-0.25, -0.2) is 9.37 Å². The molecule has 0 atom stereocenters. The van der Waals surface area contributed by atoms with Crippen LogP contribution < -0.4 is 14.8 Å². The van der Waals surface area contributed by atoms with Crippen molar-refractivity contribution in [2.24, 2.45) is 0 Å². The van der Waals surface area contributed by atoms with Gasteiger partial charge >= 0.3 is 0 Å². The molecule has 1 N–H and O–H groups in total. The summed E-state index contributed by atoms with van der Waals surface area (Å²) in [6.45, 7) is 0.891. The van der Waals surface area contributed by atoms with Crippen LogP contribution in [0.1, 0.15) is 21.5 Å². The highest BCUT2D eigenvalue weighted by molar-refractivity contribution is 5.94. The Bertz CT molecular complexity index is 991. The molecule has 1 aromatic heterocycles. The Balaban J connectivity index is 1.46. The normalized spacial score (nSPS) is 12.2. The lowest BCUT2D eigenvalue weighted by atomic mass is 10.1. The maximum absolute atomic E-state index is 13.3. The van der Waals surface area contributed by atoms with Gasteiger partial charge in [-0.05, 0) is 42.0 Å². The fourth-order valence-corrected chi connectivity index (χ4v) is 2.90. The number of halogens is 1.